The third kappa shape index (κ3) is 2.82. The molecule has 2 radical (unpaired) electrons. The Kier molecular flexibility index (Phi) is 4.13. The molecule has 4 nitrogen and oxygen atoms in total. The molecule has 104 valence electrons. The molecule has 3 atom stereocenters. The van der Waals surface area contributed by atoms with Gasteiger partial charge in [0.2, 0.25) is 5.91 Å². The van der Waals surface area contributed by atoms with Gasteiger partial charge in [-0.3, -0.25) is 4.79 Å². The van der Waals surface area contributed by atoms with Crippen LogP contribution in [0, 0.1) is 17.8 Å². The van der Waals surface area contributed by atoms with Gasteiger partial charge in [0, 0.05) is 32.7 Å². The Labute approximate surface area is 117 Å². The summed E-state index contributed by atoms with van der Waals surface area (Å²) in [6.07, 6.45) is 5.20. The van der Waals surface area contributed by atoms with Gasteiger partial charge in [0.05, 0.1) is 5.92 Å². The Morgan fingerprint density at radius 2 is 1.79 bits per heavy atom. The zero-order valence-electron chi connectivity index (χ0n) is 11.7. The van der Waals surface area contributed by atoms with E-state index in [0.29, 0.717) is 11.8 Å². The lowest BCUT2D eigenvalue weighted by Gasteiger charge is -2.43. The third-order valence-corrected chi connectivity index (χ3v) is 5.20. The molecular formula is C14H24BN3O. The average molecular weight is 261 g/mol. The van der Waals surface area contributed by atoms with Crippen LogP contribution in [0.3, 0.4) is 0 Å². The summed E-state index contributed by atoms with van der Waals surface area (Å²) in [5, 5.41) is 3.48. The van der Waals surface area contributed by atoms with Crippen molar-refractivity contribution in [1.82, 2.24) is 15.0 Å². The van der Waals surface area contributed by atoms with E-state index >= 15 is 0 Å². The molecule has 0 aromatic carbocycles. The van der Waals surface area contributed by atoms with E-state index in [1.54, 1.807) is 0 Å². The second-order valence-electron chi connectivity index (χ2n) is 6.33. The number of fused-ring (bicyclic) bond motifs is 1. The van der Waals surface area contributed by atoms with Gasteiger partial charge in [0.25, 0.3) is 0 Å². The van der Waals surface area contributed by atoms with Gasteiger partial charge in [-0.2, -0.15) is 0 Å². The van der Waals surface area contributed by atoms with E-state index in [1.165, 1.54) is 25.7 Å². The Balaban J connectivity index is 1.64. The molecular weight excluding hydrogens is 237 g/mol. The van der Waals surface area contributed by atoms with Crippen LogP contribution in [0.15, 0.2) is 0 Å². The third-order valence-electron chi connectivity index (χ3n) is 5.20. The van der Waals surface area contributed by atoms with Crippen molar-refractivity contribution in [2.75, 3.05) is 39.3 Å². The number of hydrogen-bond donors (Lipinski definition) is 1. The first-order valence-corrected chi connectivity index (χ1v) is 7.75. The molecule has 3 rings (SSSR count). The van der Waals surface area contributed by atoms with Crippen LogP contribution in [0.5, 0.6) is 0 Å². The zero-order chi connectivity index (χ0) is 13.2. The lowest BCUT2D eigenvalue weighted by molar-refractivity contribution is -0.140. The minimum Gasteiger partial charge on any atom is -0.351 e. The largest absolute Gasteiger partial charge is 0.351 e. The molecule has 0 aromatic heterocycles. The maximum atomic E-state index is 12.7. The van der Waals surface area contributed by atoms with Crippen molar-refractivity contribution < 1.29 is 4.79 Å². The minimum atomic E-state index is 0.211. The van der Waals surface area contributed by atoms with E-state index in [9.17, 15) is 4.79 Å². The summed E-state index contributed by atoms with van der Waals surface area (Å²) < 4.78 is 0. The van der Waals surface area contributed by atoms with Gasteiger partial charge in [-0.25, -0.2) is 0 Å². The van der Waals surface area contributed by atoms with Crippen LogP contribution in [0.25, 0.3) is 0 Å². The smallest absolute Gasteiger partial charge is 0.227 e. The molecule has 2 heterocycles. The summed E-state index contributed by atoms with van der Waals surface area (Å²) in [6.45, 7) is 5.19. The van der Waals surface area contributed by atoms with Gasteiger partial charge >= 0.3 is 0 Å². The fourth-order valence-electron chi connectivity index (χ4n) is 4.04. The number of nitrogens with zero attached hydrogens (tertiary/aromatic N) is 2. The first-order valence-electron chi connectivity index (χ1n) is 7.75. The van der Waals surface area contributed by atoms with Crippen molar-refractivity contribution in [3.8, 4) is 0 Å². The number of rotatable bonds is 1. The van der Waals surface area contributed by atoms with Crippen molar-refractivity contribution >= 4 is 13.9 Å². The Bertz CT molecular complexity index is 329. The van der Waals surface area contributed by atoms with Crippen molar-refractivity contribution in [2.24, 2.45) is 17.8 Å². The number of piperazine rings is 1. The van der Waals surface area contributed by atoms with Crippen LogP contribution in [0.2, 0.25) is 0 Å². The summed E-state index contributed by atoms with van der Waals surface area (Å²) >= 11 is 0. The first-order chi connectivity index (χ1) is 9.25. The maximum Gasteiger partial charge on any atom is 0.227 e. The molecule has 0 aromatic rings. The number of nitrogens with one attached hydrogen (secondary N) is 1. The molecule has 1 N–H and O–H groups in total. The molecule has 5 heteroatoms. The van der Waals surface area contributed by atoms with Gasteiger partial charge in [0.15, 0.2) is 7.98 Å². The number of piperidine rings is 1. The molecule has 0 spiro atoms. The predicted octanol–water partition coefficient (Wildman–Crippen LogP) is 0.240. The van der Waals surface area contributed by atoms with Crippen LogP contribution in [0.1, 0.15) is 25.7 Å². The van der Waals surface area contributed by atoms with Crippen molar-refractivity contribution in [3.05, 3.63) is 0 Å². The van der Waals surface area contributed by atoms with E-state index in [1.807, 2.05) is 9.71 Å². The highest BCUT2D eigenvalue weighted by molar-refractivity contribution is 6.04. The highest BCUT2D eigenvalue weighted by Crippen LogP contribution is 2.37. The standard InChI is InChI=1S/C14H24BN3O/c15-18-7-5-17(6-8-18)14(19)13-10-16-9-11-3-1-2-4-12(11)13/h11-13,16H,1-10H2. The topological polar surface area (TPSA) is 35.6 Å². The van der Waals surface area contributed by atoms with Gasteiger partial charge in [0.1, 0.15) is 0 Å². The van der Waals surface area contributed by atoms with E-state index in [0.717, 1.165) is 45.2 Å². The SMILES string of the molecule is [B]N1CCN(C(=O)C2CNCC3CCCCC32)CC1. The number of amides is 1. The Morgan fingerprint density at radius 1 is 1.05 bits per heavy atom. The van der Waals surface area contributed by atoms with E-state index in [4.69, 9.17) is 7.98 Å². The van der Waals surface area contributed by atoms with Crippen LogP contribution >= 0.6 is 0 Å². The van der Waals surface area contributed by atoms with Crippen LogP contribution in [0.4, 0.5) is 0 Å². The lowest BCUT2D eigenvalue weighted by atomic mass is 9.70. The van der Waals surface area contributed by atoms with Gasteiger partial charge in [-0.05, 0) is 31.2 Å². The van der Waals surface area contributed by atoms with Crippen molar-refractivity contribution in [3.63, 3.8) is 0 Å². The highest BCUT2D eigenvalue weighted by Gasteiger charge is 2.40. The summed E-state index contributed by atoms with van der Waals surface area (Å²) in [5.41, 5.74) is 0. The van der Waals surface area contributed by atoms with E-state index in [-0.39, 0.29) is 5.92 Å². The normalized spacial score (nSPS) is 36.8. The highest BCUT2D eigenvalue weighted by atomic mass is 16.2. The van der Waals surface area contributed by atoms with Crippen molar-refractivity contribution in [1.29, 1.82) is 0 Å². The van der Waals surface area contributed by atoms with Gasteiger partial charge in [-0.1, -0.05) is 12.8 Å². The van der Waals surface area contributed by atoms with Crippen molar-refractivity contribution in [2.45, 2.75) is 25.7 Å². The minimum absolute atomic E-state index is 0.211. The molecule has 1 aliphatic carbocycles. The molecule has 1 amide bonds. The molecule has 3 aliphatic rings. The van der Waals surface area contributed by atoms with E-state index < -0.39 is 0 Å². The van der Waals surface area contributed by atoms with Crippen LogP contribution in [-0.4, -0.2) is 62.9 Å². The molecule has 2 aliphatic heterocycles. The molecule has 0 bridgehead atoms. The zero-order valence-corrected chi connectivity index (χ0v) is 11.7. The first kappa shape index (κ1) is 13.4. The average Bonchev–Trinajstić information content (AvgIpc) is 2.47. The summed E-state index contributed by atoms with van der Waals surface area (Å²) in [5.74, 6) is 1.94. The fourth-order valence-corrected chi connectivity index (χ4v) is 4.04. The summed E-state index contributed by atoms with van der Waals surface area (Å²) in [4.78, 5) is 16.6. The summed E-state index contributed by atoms with van der Waals surface area (Å²) in [6, 6.07) is 0. The molecule has 3 unspecified atom stereocenters. The Hall–Kier alpha value is -0.545. The molecule has 3 fully saturated rings. The number of carbonyl (C=O) groups is 1. The molecule has 19 heavy (non-hydrogen) atoms. The predicted molar refractivity (Wildman–Crippen MR) is 75.7 cm³/mol. The lowest BCUT2D eigenvalue weighted by Crippen LogP contribution is -2.55. The van der Waals surface area contributed by atoms with Crippen LogP contribution in [-0.2, 0) is 4.79 Å². The second-order valence-corrected chi connectivity index (χ2v) is 6.33. The fraction of sp³-hybridized carbons (Fsp3) is 0.929. The number of carbonyl (C=O) groups excluding carboxylic acids is 1. The van der Waals surface area contributed by atoms with Gasteiger partial charge in [-0.15, -0.1) is 0 Å². The Morgan fingerprint density at radius 3 is 2.58 bits per heavy atom. The summed E-state index contributed by atoms with van der Waals surface area (Å²) in [7, 11) is 5.76. The molecule has 1 saturated carbocycles. The quantitative estimate of drug-likeness (QED) is 0.687. The van der Waals surface area contributed by atoms with Gasteiger partial charge < -0.3 is 15.0 Å². The molecule has 2 saturated heterocycles. The maximum absolute atomic E-state index is 12.7. The number of hydrogen-bond acceptors (Lipinski definition) is 3. The van der Waals surface area contributed by atoms with Crippen LogP contribution < -0.4 is 5.32 Å². The monoisotopic (exact) mass is 261 g/mol. The van der Waals surface area contributed by atoms with E-state index in [2.05, 4.69) is 5.32 Å². The second kappa shape index (κ2) is 5.84.